The number of nitrogens with two attached hydrogens (primary N) is 1. The summed E-state index contributed by atoms with van der Waals surface area (Å²) >= 11 is 0. The summed E-state index contributed by atoms with van der Waals surface area (Å²) in [6, 6.07) is 6.37. The van der Waals surface area contributed by atoms with Crippen molar-refractivity contribution in [1.82, 2.24) is 4.57 Å². The zero-order valence-corrected chi connectivity index (χ0v) is 14.5. The molecule has 0 atom stereocenters. The summed E-state index contributed by atoms with van der Waals surface area (Å²) in [7, 11) is 0. The van der Waals surface area contributed by atoms with Crippen LogP contribution in [0.4, 0.5) is 5.69 Å². The predicted molar refractivity (Wildman–Crippen MR) is 95.4 cm³/mol. The maximum absolute atomic E-state index is 12.7. The molecular weight excluding hydrogens is 338 g/mol. The Morgan fingerprint density at radius 3 is 2.38 bits per heavy atom. The van der Waals surface area contributed by atoms with Crippen LogP contribution in [0.5, 0.6) is 0 Å². The van der Waals surface area contributed by atoms with Gasteiger partial charge in [-0.05, 0) is 30.0 Å². The van der Waals surface area contributed by atoms with Crippen LogP contribution in [0.15, 0.2) is 35.3 Å². The summed E-state index contributed by atoms with van der Waals surface area (Å²) in [6.45, 7) is 3.45. The molecule has 26 heavy (non-hydrogen) atoms. The summed E-state index contributed by atoms with van der Waals surface area (Å²) in [5.41, 5.74) is 5.53. The summed E-state index contributed by atoms with van der Waals surface area (Å²) in [5, 5.41) is 11.0. The topological polar surface area (TPSA) is 125 Å². The van der Waals surface area contributed by atoms with E-state index in [0.717, 1.165) is 34.4 Å². The Morgan fingerprint density at radius 1 is 1.15 bits per heavy atom. The van der Waals surface area contributed by atoms with E-state index in [4.69, 9.17) is 5.73 Å². The van der Waals surface area contributed by atoms with Gasteiger partial charge < -0.3 is 10.3 Å². The first-order chi connectivity index (χ1) is 12.3. The average molecular weight is 357 g/mol. The molecule has 2 N–H and O–H groups in total. The number of hydrogen-bond acceptors (Lipinski definition) is 5. The van der Waals surface area contributed by atoms with Gasteiger partial charge in [0, 0.05) is 11.6 Å². The molecule has 0 unspecified atom stereocenters. The molecule has 1 aromatic heterocycles. The van der Waals surface area contributed by atoms with Crippen molar-refractivity contribution in [3.05, 3.63) is 73.2 Å². The van der Waals surface area contributed by atoms with Gasteiger partial charge >= 0.3 is 0 Å². The maximum atomic E-state index is 12.7. The van der Waals surface area contributed by atoms with Crippen molar-refractivity contribution in [2.45, 2.75) is 33.2 Å². The zero-order chi connectivity index (χ0) is 19.4. The summed E-state index contributed by atoms with van der Waals surface area (Å²) in [4.78, 5) is 46.7. The van der Waals surface area contributed by atoms with Gasteiger partial charge in [-0.1, -0.05) is 26.0 Å². The van der Waals surface area contributed by atoms with Gasteiger partial charge in [-0.3, -0.25) is 24.5 Å². The highest BCUT2D eigenvalue weighted by molar-refractivity contribution is 5.98. The molecule has 2 aromatic rings. The molecule has 1 amide bonds. The van der Waals surface area contributed by atoms with Gasteiger partial charge in [0.25, 0.3) is 17.2 Å². The monoisotopic (exact) mass is 357 g/mol. The number of amides is 1. The van der Waals surface area contributed by atoms with Crippen molar-refractivity contribution in [3.8, 4) is 0 Å². The number of rotatable bonds is 7. The Kier molecular flexibility index (Phi) is 5.66. The van der Waals surface area contributed by atoms with E-state index in [1.807, 2.05) is 26.0 Å². The number of Topliss-reactive ketones (excluding diaryl/α,β-unsaturated/α-hetero) is 1. The highest BCUT2D eigenvalue weighted by atomic mass is 16.6. The highest BCUT2D eigenvalue weighted by Crippen LogP contribution is 2.16. The molecule has 136 valence electrons. The average Bonchev–Trinajstić information content (AvgIpc) is 2.62. The number of aromatic nitrogens is 1. The first kappa shape index (κ1) is 19.0. The fourth-order valence-electron chi connectivity index (χ4n) is 2.66. The van der Waals surface area contributed by atoms with Crippen molar-refractivity contribution in [2.75, 3.05) is 0 Å². The van der Waals surface area contributed by atoms with Gasteiger partial charge in [0.05, 0.1) is 17.7 Å². The molecule has 0 spiro atoms. The number of ketones is 1. The van der Waals surface area contributed by atoms with E-state index in [1.54, 1.807) is 6.07 Å². The Hall–Kier alpha value is -3.29. The smallest absolute Gasteiger partial charge is 0.286 e. The van der Waals surface area contributed by atoms with E-state index in [1.165, 1.54) is 0 Å². The van der Waals surface area contributed by atoms with Crippen molar-refractivity contribution in [1.29, 1.82) is 0 Å². The van der Waals surface area contributed by atoms with E-state index in [0.29, 0.717) is 12.0 Å². The quantitative estimate of drug-likeness (QED) is 0.460. The van der Waals surface area contributed by atoms with Crippen molar-refractivity contribution in [2.24, 2.45) is 5.73 Å². The van der Waals surface area contributed by atoms with E-state index < -0.39 is 34.2 Å². The lowest BCUT2D eigenvalue weighted by molar-refractivity contribution is -0.385. The van der Waals surface area contributed by atoms with Crippen LogP contribution < -0.4 is 11.3 Å². The van der Waals surface area contributed by atoms with E-state index in [-0.39, 0.29) is 5.78 Å². The lowest BCUT2D eigenvalue weighted by Gasteiger charge is -2.11. The number of benzene rings is 1. The van der Waals surface area contributed by atoms with E-state index in [2.05, 4.69) is 0 Å². The Balaban J connectivity index is 2.51. The Morgan fingerprint density at radius 2 is 1.85 bits per heavy atom. The molecule has 2 rings (SSSR count). The first-order valence-electron chi connectivity index (χ1n) is 8.12. The third kappa shape index (κ3) is 3.85. The third-order valence-corrected chi connectivity index (χ3v) is 4.13. The number of carbonyl (C=O) groups excluding carboxylic acids is 2. The third-order valence-electron chi connectivity index (χ3n) is 4.13. The molecule has 0 fully saturated rings. The van der Waals surface area contributed by atoms with Crippen LogP contribution in [0.3, 0.4) is 0 Å². The molecule has 0 bridgehead atoms. The van der Waals surface area contributed by atoms with Crippen LogP contribution in [0.1, 0.15) is 45.7 Å². The molecule has 1 heterocycles. The molecule has 0 aliphatic carbocycles. The fraction of sp³-hybridized carbons (Fsp3) is 0.278. The highest BCUT2D eigenvalue weighted by Gasteiger charge is 2.20. The first-order valence-corrected chi connectivity index (χ1v) is 8.12. The molecule has 0 aliphatic rings. The second-order valence-corrected chi connectivity index (χ2v) is 5.79. The van der Waals surface area contributed by atoms with Crippen LogP contribution in [0.25, 0.3) is 0 Å². The number of pyridine rings is 1. The number of aryl methyl sites for hydroxylation is 2. The minimum Gasteiger partial charge on any atom is -0.365 e. The van der Waals surface area contributed by atoms with Gasteiger partial charge in [0.2, 0.25) is 0 Å². The second-order valence-electron chi connectivity index (χ2n) is 5.79. The maximum Gasteiger partial charge on any atom is 0.286 e. The molecule has 0 saturated heterocycles. The van der Waals surface area contributed by atoms with Gasteiger partial charge in [0.1, 0.15) is 5.56 Å². The molecule has 0 radical (unpaired) electrons. The SMILES string of the molecule is CCc1ccc(CC)c(C(=O)Cn2cc([N+](=O)[O-])cc(C(N)=O)c2=O)c1. The number of primary amides is 1. The summed E-state index contributed by atoms with van der Waals surface area (Å²) < 4.78 is 0.860. The van der Waals surface area contributed by atoms with Gasteiger partial charge in [-0.2, -0.15) is 0 Å². The zero-order valence-electron chi connectivity index (χ0n) is 14.5. The normalized spacial score (nSPS) is 10.5. The fourth-order valence-corrected chi connectivity index (χ4v) is 2.66. The Bertz CT molecular complexity index is 946. The molecule has 0 aliphatic heterocycles. The molecule has 1 aromatic carbocycles. The lowest BCUT2D eigenvalue weighted by Crippen LogP contribution is -2.31. The second kappa shape index (κ2) is 7.73. The van der Waals surface area contributed by atoms with Crippen molar-refractivity contribution in [3.63, 3.8) is 0 Å². The minimum atomic E-state index is -1.08. The summed E-state index contributed by atoms with van der Waals surface area (Å²) in [6.07, 6.45) is 2.32. The predicted octanol–water partition coefficient (Wildman–Crippen LogP) is 1.86. The van der Waals surface area contributed by atoms with E-state index in [9.17, 15) is 24.5 Å². The minimum absolute atomic E-state index is 0.366. The van der Waals surface area contributed by atoms with Gasteiger partial charge in [-0.15, -0.1) is 0 Å². The standard InChI is InChI=1S/C18H19N3O5/c1-3-11-5-6-12(4-2)14(7-11)16(22)10-20-9-13(21(25)26)8-15(17(19)23)18(20)24/h5-9H,3-4,10H2,1-2H3,(H2,19,23). The van der Waals surface area contributed by atoms with Crippen LogP contribution in [-0.4, -0.2) is 21.2 Å². The van der Waals surface area contributed by atoms with Gasteiger partial charge in [0.15, 0.2) is 5.78 Å². The van der Waals surface area contributed by atoms with Crippen molar-refractivity contribution < 1.29 is 14.5 Å². The van der Waals surface area contributed by atoms with Crippen LogP contribution >= 0.6 is 0 Å². The molecule has 8 nitrogen and oxygen atoms in total. The van der Waals surface area contributed by atoms with Crippen molar-refractivity contribution >= 4 is 17.4 Å². The molecule has 0 saturated carbocycles. The number of carbonyl (C=O) groups is 2. The number of nitrogens with zero attached hydrogens (tertiary/aromatic N) is 2. The van der Waals surface area contributed by atoms with Crippen LogP contribution in [-0.2, 0) is 19.4 Å². The lowest BCUT2D eigenvalue weighted by atomic mass is 9.97. The number of hydrogen-bond donors (Lipinski definition) is 1. The number of nitro groups is 1. The summed E-state index contributed by atoms with van der Waals surface area (Å²) in [5.74, 6) is -1.45. The van der Waals surface area contributed by atoms with E-state index >= 15 is 0 Å². The Labute approximate surface area is 149 Å². The molecule has 8 heteroatoms. The largest absolute Gasteiger partial charge is 0.365 e. The molecular formula is C18H19N3O5. The van der Waals surface area contributed by atoms with Crippen LogP contribution in [0.2, 0.25) is 0 Å². The van der Waals surface area contributed by atoms with Crippen LogP contribution in [0, 0.1) is 10.1 Å². The van der Waals surface area contributed by atoms with Gasteiger partial charge in [-0.25, -0.2) is 0 Å².